The molecule has 1 fully saturated rings. The minimum atomic E-state index is -4.55. The fraction of sp³-hybridized carbons (Fsp3) is 0.269. The number of aliphatic carboxylic acids is 1. The van der Waals surface area contributed by atoms with Gasteiger partial charge in [-0.1, -0.05) is 60.3 Å². The summed E-state index contributed by atoms with van der Waals surface area (Å²) in [5.74, 6) is -1.45. The summed E-state index contributed by atoms with van der Waals surface area (Å²) in [5, 5.41) is 10.7. The molecule has 5 rings (SSSR count). The van der Waals surface area contributed by atoms with Gasteiger partial charge in [-0.2, -0.15) is 13.2 Å². The monoisotopic (exact) mass is 469 g/mol. The lowest BCUT2D eigenvalue weighted by Gasteiger charge is -2.41. The molecule has 2 atom stereocenters. The van der Waals surface area contributed by atoms with Crippen molar-refractivity contribution in [3.8, 4) is 0 Å². The highest BCUT2D eigenvalue weighted by Crippen LogP contribution is 2.55. The number of hydrogen-bond donors (Lipinski definition) is 1. The Bertz CT molecular complexity index is 1200. The van der Waals surface area contributed by atoms with Gasteiger partial charge in [-0.3, -0.25) is 9.69 Å². The van der Waals surface area contributed by atoms with E-state index in [0.717, 1.165) is 22.6 Å². The second kappa shape index (κ2) is 8.22. The number of alkyl halides is 3. The highest BCUT2D eigenvalue weighted by atomic mass is 32.2. The van der Waals surface area contributed by atoms with Crippen LogP contribution in [-0.2, 0) is 22.9 Å². The normalized spacial score (nSPS) is 22.6. The van der Waals surface area contributed by atoms with Gasteiger partial charge in [0.15, 0.2) is 0 Å². The van der Waals surface area contributed by atoms with Crippen molar-refractivity contribution in [2.24, 2.45) is 5.92 Å². The van der Waals surface area contributed by atoms with Crippen LogP contribution in [-0.4, -0.2) is 29.1 Å². The van der Waals surface area contributed by atoms with Gasteiger partial charge < -0.3 is 5.11 Å². The maximum absolute atomic E-state index is 13.6. The van der Waals surface area contributed by atoms with Crippen LogP contribution in [0, 0.1) is 5.92 Å². The lowest BCUT2D eigenvalue weighted by Crippen LogP contribution is -2.47. The van der Waals surface area contributed by atoms with Crippen LogP contribution in [0.25, 0.3) is 0 Å². The lowest BCUT2D eigenvalue weighted by atomic mass is 9.64. The van der Waals surface area contributed by atoms with Crippen molar-refractivity contribution in [2.45, 2.75) is 34.3 Å². The van der Waals surface area contributed by atoms with Crippen LogP contribution in [0.4, 0.5) is 13.2 Å². The maximum Gasteiger partial charge on any atom is 0.416 e. The van der Waals surface area contributed by atoms with Gasteiger partial charge >= 0.3 is 12.1 Å². The molecule has 0 radical (unpaired) electrons. The molecule has 2 unspecified atom stereocenters. The molecule has 3 aromatic carbocycles. The average Bonchev–Trinajstić information content (AvgIpc) is 3.25. The zero-order valence-electron chi connectivity index (χ0n) is 17.7. The molecule has 2 heterocycles. The van der Waals surface area contributed by atoms with Crippen molar-refractivity contribution in [3.05, 3.63) is 95.1 Å². The number of fused-ring (bicyclic) bond motifs is 2. The summed E-state index contributed by atoms with van der Waals surface area (Å²) in [5.41, 5.74) is -0.391. The van der Waals surface area contributed by atoms with Crippen LogP contribution >= 0.6 is 11.8 Å². The van der Waals surface area contributed by atoms with Gasteiger partial charge in [0, 0.05) is 22.9 Å². The second-order valence-corrected chi connectivity index (χ2v) is 9.71. The number of hydrogen-bond acceptors (Lipinski definition) is 3. The smallest absolute Gasteiger partial charge is 0.416 e. The fourth-order valence-corrected chi connectivity index (χ4v) is 6.45. The molecular weight excluding hydrogens is 447 g/mol. The van der Waals surface area contributed by atoms with Crippen molar-refractivity contribution < 1.29 is 23.1 Å². The average molecular weight is 470 g/mol. The Labute approximate surface area is 194 Å². The van der Waals surface area contributed by atoms with E-state index in [1.807, 2.05) is 42.5 Å². The Balaban J connectivity index is 1.63. The first-order chi connectivity index (χ1) is 15.8. The molecule has 0 saturated carbocycles. The zero-order valence-corrected chi connectivity index (χ0v) is 18.5. The molecule has 2 aliphatic heterocycles. The number of benzene rings is 3. The van der Waals surface area contributed by atoms with E-state index in [0.29, 0.717) is 36.5 Å². The van der Waals surface area contributed by atoms with Gasteiger partial charge in [-0.25, -0.2) is 0 Å². The van der Waals surface area contributed by atoms with E-state index in [1.54, 1.807) is 12.1 Å². The third kappa shape index (κ3) is 3.73. The minimum absolute atomic E-state index is 0.250. The second-order valence-electron chi connectivity index (χ2n) is 8.63. The third-order valence-corrected chi connectivity index (χ3v) is 7.89. The number of rotatable bonds is 4. The third-order valence-electron chi connectivity index (χ3n) is 6.73. The molecule has 2 aliphatic rings. The minimum Gasteiger partial charge on any atom is -0.480 e. The predicted molar refractivity (Wildman–Crippen MR) is 120 cm³/mol. The molecule has 0 aliphatic carbocycles. The molecule has 0 amide bonds. The summed E-state index contributed by atoms with van der Waals surface area (Å²) in [6.07, 6.45) is -3.95. The first-order valence-corrected chi connectivity index (χ1v) is 11.6. The van der Waals surface area contributed by atoms with Crippen molar-refractivity contribution in [3.63, 3.8) is 0 Å². The zero-order chi connectivity index (χ0) is 23.2. The van der Waals surface area contributed by atoms with Gasteiger partial charge in [-0.05, 0) is 59.8 Å². The number of carboxylic acid groups (broad SMARTS) is 1. The van der Waals surface area contributed by atoms with Crippen molar-refractivity contribution in [2.75, 3.05) is 13.1 Å². The Morgan fingerprint density at radius 1 is 1.00 bits per heavy atom. The summed E-state index contributed by atoms with van der Waals surface area (Å²) in [4.78, 5) is 16.7. The van der Waals surface area contributed by atoms with E-state index in [2.05, 4.69) is 4.90 Å². The summed E-state index contributed by atoms with van der Waals surface area (Å²) in [6, 6.07) is 20.7. The van der Waals surface area contributed by atoms with E-state index >= 15 is 0 Å². The van der Waals surface area contributed by atoms with E-state index in [4.69, 9.17) is 0 Å². The molecule has 0 bridgehead atoms. The van der Waals surface area contributed by atoms with Crippen molar-refractivity contribution in [1.82, 2.24) is 4.90 Å². The molecule has 0 spiro atoms. The van der Waals surface area contributed by atoms with Crippen LogP contribution in [0.3, 0.4) is 0 Å². The summed E-state index contributed by atoms with van der Waals surface area (Å²) >= 11 is 1.34. The highest BCUT2D eigenvalue weighted by molar-refractivity contribution is 7.99. The molecule has 33 heavy (non-hydrogen) atoms. The molecule has 170 valence electrons. The fourth-order valence-electron chi connectivity index (χ4n) is 5.26. The van der Waals surface area contributed by atoms with E-state index in [9.17, 15) is 23.1 Å². The summed E-state index contributed by atoms with van der Waals surface area (Å²) in [7, 11) is 0. The molecule has 3 nitrogen and oxygen atoms in total. The maximum atomic E-state index is 13.6. The van der Waals surface area contributed by atoms with Gasteiger partial charge in [0.1, 0.15) is 5.41 Å². The van der Waals surface area contributed by atoms with Gasteiger partial charge in [0.05, 0.1) is 5.56 Å². The number of halogens is 3. The standard InChI is InChI=1S/C26H22F3NO2S/c27-26(28,29)18-10-11-23-21(14-18)25(24(31)32,20-8-4-5-9-22(20)33-23)19-12-13-30(16-19)15-17-6-2-1-3-7-17/h1-11,14,19H,12-13,15-16H2,(H,31,32). The molecular formula is C26H22F3NO2S. The van der Waals surface area contributed by atoms with Gasteiger partial charge in [-0.15, -0.1) is 0 Å². The van der Waals surface area contributed by atoms with E-state index < -0.39 is 23.1 Å². The largest absolute Gasteiger partial charge is 0.480 e. The van der Waals surface area contributed by atoms with Crippen LogP contribution in [0.1, 0.15) is 28.7 Å². The molecule has 3 aromatic rings. The van der Waals surface area contributed by atoms with Crippen molar-refractivity contribution >= 4 is 17.7 Å². The Morgan fingerprint density at radius 3 is 2.42 bits per heavy atom. The predicted octanol–water partition coefficient (Wildman–Crippen LogP) is 6.06. The van der Waals surface area contributed by atoms with E-state index in [1.165, 1.54) is 17.8 Å². The van der Waals surface area contributed by atoms with Gasteiger partial charge in [0.2, 0.25) is 0 Å². The quantitative estimate of drug-likeness (QED) is 0.504. The Morgan fingerprint density at radius 2 is 1.70 bits per heavy atom. The first kappa shape index (κ1) is 22.0. The van der Waals surface area contributed by atoms with Crippen LogP contribution in [0.2, 0.25) is 0 Å². The van der Waals surface area contributed by atoms with Crippen LogP contribution in [0.5, 0.6) is 0 Å². The first-order valence-electron chi connectivity index (χ1n) is 10.8. The number of nitrogens with zero attached hydrogens (tertiary/aromatic N) is 1. The number of carboxylic acids is 1. The summed E-state index contributed by atoms with van der Waals surface area (Å²) in [6.45, 7) is 1.87. The highest BCUT2D eigenvalue weighted by Gasteiger charge is 2.55. The van der Waals surface area contributed by atoms with E-state index in [-0.39, 0.29) is 11.5 Å². The Kier molecular flexibility index (Phi) is 5.49. The van der Waals surface area contributed by atoms with Crippen LogP contribution < -0.4 is 0 Å². The molecule has 7 heteroatoms. The molecule has 1 saturated heterocycles. The van der Waals surface area contributed by atoms with Gasteiger partial charge in [0.25, 0.3) is 0 Å². The number of carbonyl (C=O) groups is 1. The number of likely N-dealkylation sites (tertiary alicyclic amines) is 1. The topological polar surface area (TPSA) is 40.5 Å². The SMILES string of the molecule is O=C(O)C1(C2CCN(Cc3ccccc3)C2)c2ccccc2Sc2ccc(C(F)(F)F)cc21. The lowest BCUT2D eigenvalue weighted by molar-refractivity contribution is -0.145. The molecule has 1 N–H and O–H groups in total. The van der Waals surface area contributed by atoms with Crippen molar-refractivity contribution in [1.29, 1.82) is 0 Å². The Hall–Kier alpha value is -2.77. The van der Waals surface area contributed by atoms with Crippen LogP contribution in [0.15, 0.2) is 82.6 Å². The summed E-state index contributed by atoms with van der Waals surface area (Å²) < 4.78 is 40.9. The molecule has 0 aromatic heterocycles.